The number of nitrogens with one attached hydrogen (secondary N) is 1. The van der Waals surface area contributed by atoms with E-state index in [0.717, 1.165) is 11.3 Å². The zero-order chi connectivity index (χ0) is 16.9. The van der Waals surface area contributed by atoms with E-state index >= 15 is 0 Å². The van der Waals surface area contributed by atoms with Crippen LogP contribution in [0, 0.1) is 6.92 Å². The fourth-order valence-electron chi connectivity index (χ4n) is 2.67. The minimum absolute atomic E-state index is 0.0300. The molecule has 1 saturated heterocycles. The van der Waals surface area contributed by atoms with E-state index < -0.39 is 0 Å². The van der Waals surface area contributed by atoms with Crippen LogP contribution in [-0.2, 0) is 0 Å². The summed E-state index contributed by atoms with van der Waals surface area (Å²) in [5.74, 6) is 0.354. The van der Waals surface area contributed by atoms with Crippen molar-refractivity contribution in [3.8, 4) is 0 Å². The number of anilines is 1. The van der Waals surface area contributed by atoms with Gasteiger partial charge in [0.15, 0.2) is 5.76 Å². The lowest BCUT2D eigenvalue weighted by atomic mass is 10.2. The summed E-state index contributed by atoms with van der Waals surface area (Å²) in [6.45, 7) is 4.88. The number of carbonyl (C=O) groups is 2. The van der Waals surface area contributed by atoms with Crippen LogP contribution in [0.25, 0.3) is 0 Å². The number of furan rings is 1. The Bertz CT molecular complexity index is 687. The summed E-state index contributed by atoms with van der Waals surface area (Å²) < 4.78 is 5.12. The van der Waals surface area contributed by atoms with Gasteiger partial charge in [0.1, 0.15) is 0 Å². The standard InChI is InChI=1S/C18H21N3O3/c1-14-4-6-15(7-5-14)19-18(23)21-10-8-20(9-11-21)13-16(22)17-3-2-12-24-17/h2-7,12H,8-11,13H2,1H3,(H,19,23). The van der Waals surface area contributed by atoms with Crippen LogP contribution in [0.4, 0.5) is 10.5 Å². The average Bonchev–Trinajstić information content (AvgIpc) is 3.12. The molecule has 6 nitrogen and oxygen atoms in total. The van der Waals surface area contributed by atoms with Crippen molar-refractivity contribution in [2.24, 2.45) is 0 Å². The fourth-order valence-corrected chi connectivity index (χ4v) is 2.67. The van der Waals surface area contributed by atoms with E-state index in [4.69, 9.17) is 4.42 Å². The van der Waals surface area contributed by atoms with Crippen molar-refractivity contribution in [1.82, 2.24) is 9.80 Å². The molecule has 0 saturated carbocycles. The summed E-state index contributed by atoms with van der Waals surface area (Å²) in [6, 6.07) is 11.0. The summed E-state index contributed by atoms with van der Waals surface area (Å²) in [4.78, 5) is 28.1. The molecule has 0 spiro atoms. The van der Waals surface area contributed by atoms with E-state index in [1.54, 1.807) is 17.0 Å². The van der Waals surface area contributed by atoms with E-state index in [9.17, 15) is 9.59 Å². The summed E-state index contributed by atoms with van der Waals surface area (Å²) in [5.41, 5.74) is 1.95. The van der Waals surface area contributed by atoms with Gasteiger partial charge in [-0.3, -0.25) is 9.69 Å². The molecule has 2 aromatic rings. The van der Waals surface area contributed by atoms with Crippen LogP contribution in [0.3, 0.4) is 0 Å². The quantitative estimate of drug-likeness (QED) is 0.877. The van der Waals surface area contributed by atoms with E-state index in [-0.39, 0.29) is 11.8 Å². The normalized spacial score (nSPS) is 15.3. The van der Waals surface area contributed by atoms with E-state index in [0.29, 0.717) is 38.5 Å². The Morgan fingerprint density at radius 3 is 2.42 bits per heavy atom. The number of carbonyl (C=O) groups excluding carboxylic acids is 2. The maximum absolute atomic E-state index is 12.3. The maximum Gasteiger partial charge on any atom is 0.321 e. The minimum Gasteiger partial charge on any atom is -0.461 e. The third-order valence-electron chi connectivity index (χ3n) is 4.13. The van der Waals surface area contributed by atoms with Crippen molar-refractivity contribution in [3.63, 3.8) is 0 Å². The number of urea groups is 1. The molecular formula is C18H21N3O3. The molecular weight excluding hydrogens is 306 g/mol. The zero-order valence-corrected chi connectivity index (χ0v) is 13.7. The highest BCUT2D eigenvalue weighted by atomic mass is 16.3. The Morgan fingerprint density at radius 1 is 1.08 bits per heavy atom. The zero-order valence-electron chi connectivity index (χ0n) is 13.7. The molecule has 1 fully saturated rings. The number of hydrogen-bond acceptors (Lipinski definition) is 4. The predicted octanol–water partition coefficient (Wildman–Crippen LogP) is 2.62. The molecule has 3 rings (SSSR count). The molecule has 2 heterocycles. The number of nitrogens with zero attached hydrogens (tertiary/aromatic N) is 2. The van der Waals surface area contributed by atoms with Gasteiger partial charge in [-0.2, -0.15) is 0 Å². The first-order chi connectivity index (χ1) is 11.6. The van der Waals surface area contributed by atoms with Crippen molar-refractivity contribution < 1.29 is 14.0 Å². The van der Waals surface area contributed by atoms with Crippen LogP contribution in [0.15, 0.2) is 47.1 Å². The first-order valence-corrected chi connectivity index (χ1v) is 8.03. The molecule has 0 bridgehead atoms. The SMILES string of the molecule is Cc1ccc(NC(=O)N2CCN(CC(=O)c3ccco3)CC2)cc1. The van der Waals surface area contributed by atoms with Gasteiger partial charge < -0.3 is 14.6 Å². The summed E-state index contributed by atoms with van der Waals surface area (Å²) in [7, 11) is 0. The molecule has 0 unspecified atom stereocenters. The second-order valence-corrected chi connectivity index (χ2v) is 5.96. The molecule has 1 N–H and O–H groups in total. The Hall–Kier alpha value is -2.60. The smallest absolute Gasteiger partial charge is 0.321 e. The van der Waals surface area contributed by atoms with Gasteiger partial charge in [-0.15, -0.1) is 0 Å². The third-order valence-corrected chi connectivity index (χ3v) is 4.13. The maximum atomic E-state index is 12.3. The van der Waals surface area contributed by atoms with Gasteiger partial charge in [0, 0.05) is 31.9 Å². The molecule has 0 atom stereocenters. The van der Waals surface area contributed by atoms with E-state index in [1.807, 2.05) is 36.1 Å². The van der Waals surface area contributed by atoms with Gasteiger partial charge in [-0.1, -0.05) is 17.7 Å². The minimum atomic E-state index is -0.101. The molecule has 24 heavy (non-hydrogen) atoms. The molecule has 1 aromatic carbocycles. The van der Waals surface area contributed by atoms with Crippen LogP contribution in [0.5, 0.6) is 0 Å². The molecule has 0 aliphatic carbocycles. The molecule has 6 heteroatoms. The van der Waals surface area contributed by atoms with Crippen LogP contribution in [0.2, 0.25) is 0 Å². The second-order valence-electron chi connectivity index (χ2n) is 5.96. The van der Waals surface area contributed by atoms with Crippen molar-refractivity contribution in [3.05, 3.63) is 54.0 Å². The Kier molecular flexibility index (Phi) is 4.96. The highest BCUT2D eigenvalue weighted by molar-refractivity contribution is 5.95. The van der Waals surface area contributed by atoms with Crippen molar-refractivity contribution in [2.75, 3.05) is 38.0 Å². The lowest BCUT2D eigenvalue weighted by Gasteiger charge is -2.34. The van der Waals surface area contributed by atoms with Crippen molar-refractivity contribution in [2.45, 2.75) is 6.92 Å². The van der Waals surface area contributed by atoms with Crippen LogP contribution in [0.1, 0.15) is 16.1 Å². The van der Waals surface area contributed by atoms with Crippen LogP contribution in [-0.4, -0.2) is 54.3 Å². The summed E-state index contributed by atoms with van der Waals surface area (Å²) >= 11 is 0. The first kappa shape index (κ1) is 16.3. The molecule has 1 aromatic heterocycles. The predicted molar refractivity (Wildman–Crippen MR) is 91.2 cm³/mol. The summed E-state index contributed by atoms with van der Waals surface area (Å²) in [6.07, 6.45) is 1.50. The first-order valence-electron chi connectivity index (χ1n) is 8.03. The van der Waals surface area contributed by atoms with Crippen molar-refractivity contribution >= 4 is 17.5 Å². The lowest BCUT2D eigenvalue weighted by molar-refractivity contribution is 0.0857. The largest absolute Gasteiger partial charge is 0.461 e. The topological polar surface area (TPSA) is 65.8 Å². The number of Topliss-reactive ketones (excluding diaryl/α,β-unsaturated/α-hetero) is 1. The molecule has 2 amide bonds. The molecule has 1 aliphatic rings. The van der Waals surface area contributed by atoms with Crippen LogP contribution < -0.4 is 5.32 Å². The highest BCUT2D eigenvalue weighted by Gasteiger charge is 2.23. The van der Waals surface area contributed by atoms with Gasteiger partial charge in [-0.25, -0.2) is 4.79 Å². The van der Waals surface area contributed by atoms with Gasteiger partial charge in [-0.05, 0) is 31.2 Å². The second kappa shape index (κ2) is 7.31. The van der Waals surface area contributed by atoms with Gasteiger partial charge in [0.05, 0.1) is 12.8 Å². The van der Waals surface area contributed by atoms with Crippen molar-refractivity contribution in [1.29, 1.82) is 0 Å². The van der Waals surface area contributed by atoms with Gasteiger partial charge in [0.25, 0.3) is 0 Å². The Labute approximate surface area is 141 Å². The van der Waals surface area contributed by atoms with Crippen LogP contribution >= 0.6 is 0 Å². The molecule has 126 valence electrons. The number of benzene rings is 1. The average molecular weight is 327 g/mol. The number of piperazine rings is 1. The molecule has 0 radical (unpaired) electrons. The number of aryl methyl sites for hydroxylation is 1. The molecule has 1 aliphatic heterocycles. The Balaban J connectivity index is 1.47. The van der Waals surface area contributed by atoms with E-state index in [2.05, 4.69) is 5.32 Å². The third kappa shape index (κ3) is 4.02. The highest BCUT2D eigenvalue weighted by Crippen LogP contribution is 2.11. The summed E-state index contributed by atoms with van der Waals surface area (Å²) in [5, 5.41) is 2.90. The number of ketones is 1. The lowest BCUT2D eigenvalue weighted by Crippen LogP contribution is -2.51. The number of hydrogen-bond donors (Lipinski definition) is 1. The number of rotatable bonds is 4. The van der Waals surface area contributed by atoms with Gasteiger partial charge >= 0.3 is 6.03 Å². The fraction of sp³-hybridized carbons (Fsp3) is 0.333. The number of amides is 2. The van der Waals surface area contributed by atoms with Gasteiger partial charge in [0.2, 0.25) is 5.78 Å². The monoisotopic (exact) mass is 327 g/mol. The Morgan fingerprint density at radius 2 is 1.79 bits per heavy atom. The van der Waals surface area contributed by atoms with E-state index in [1.165, 1.54) is 6.26 Å².